The van der Waals surface area contributed by atoms with Gasteiger partial charge >= 0.3 is 0 Å². The molecular weight excluding hydrogens is 282 g/mol. The summed E-state index contributed by atoms with van der Waals surface area (Å²) in [5, 5.41) is 22.7. The monoisotopic (exact) mass is 295 g/mol. The van der Waals surface area contributed by atoms with Crippen LogP contribution in [0.4, 0.5) is 11.4 Å². The van der Waals surface area contributed by atoms with E-state index in [9.17, 15) is 15.4 Å². The second-order valence-corrected chi connectivity index (χ2v) is 4.37. The van der Waals surface area contributed by atoms with Crippen molar-refractivity contribution in [2.75, 3.05) is 12.4 Å². The predicted molar refractivity (Wildman–Crippen MR) is 83.3 cm³/mol. The summed E-state index contributed by atoms with van der Waals surface area (Å²) in [5.74, 6) is 0.735. The van der Waals surface area contributed by atoms with Crippen molar-refractivity contribution in [3.63, 3.8) is 0 Å². The number of rotatable bonds is 5. The van der Waals surface area contributed by atoms with E-state index in [0.29, 0.717) is 11.4 Å². The van der Waals surface area contributed by atoms with Crippen LogP contribution in [0.15, 0.2) is 54.2 Å². The van der Waals surface area contributed by atoms with Gasteiger partial charge in [-0.2, -0.15) is 5.26 Å². The predicted octanol–water partition coefficient (Wildman–Crippen LogP) is 3.58. The molecule has 0 aliphatic heterocycles. The van der Waals surface area contributed by atoms with E-state index in [1.807, 2.05) is 18.2 Å². The third kappa shape index (κ3) is 3.84. The lowest BCUT2D eigenvalue weighted by atomic mass is 10.2. The Kier molecular flexibility index (Phi) is 4.73. The third-order valence-electron chi connectivity index (χ3n) is 2.90. The maximum absolute atomic E-state index is 10.6. The molecule has 0 amide bonds. The molecule has 0 fully saturated rings. The number of nitrogens with one attached hydrogen (secondary N) is 1. The molecule has 0 spiro atoms. The topological polar surface area (TPSA) is 88.2 Å². The summed E-state index contributed by atoms with van der Waals surface area (Å²) in [6.07, 6.45) is 1.68. The molecule has 0 radical (unpaired) electrons. The largest absolute Gasteiger partial charge is 0.497 e. The van der Waals surface area contributed by atoms with Crippen LogP contribution < -0.4 is 10.1 Å². The van der Waals surface area contributed by atoms with Gasteiger partial charge in [-0.1, -0.05) is 12.1 Å². The smallest absolute Gasteiger partial charge is 0.269 e. The van der Waals surface area contributed by atoms with E-state index in [0.717, 1.165) is 11.3 Å². The van der Waals surface area contributed by atoms with Crippen molar-refractivity contribution in [2.24, 2.45) is 0 Å². The molecule has 0 bridgehead atoms. The number of nitrogens with zero attached hydrogens (tertiary/aromatic N) is 2. The van der Waals surface area contributed by atoms with Crippen LogP contribution in [0, 0.1) is 21.4 Å². The van der Waals surface area contributed by atoms with Crippen molar-refractivity contribution in [3.8, 4) is 11.8 Å². The van der Waals surface area contributed by atoms with Gasteiger partial charge in [0.2, 0.25) is 0 Å². The summed E-state index contributed by atoms with van der Waals surface area (Å²) in [4.78, 5) is 10.1. The lowest BCUT2D eigenvalue weighted by Gasteiger charge is -2.05. The SMILES string of the molecule is COc1ccc(C=C(C#N)Nc2ccc([N+](=O)[O-])cc2)cc1. The number of allylic oxidation sites excluding steroid dienone is 1. The molecule has 2 aromatic carbocycles. The Labute approximate surface area is 127 Å². The first-order valence-electron chi connectivity index (χ1n) is 6.39. The zero-order chi connectivity index (χ0) is 15.9. The molecular formula is C16H13N3O3. The number of hydrogen-bond acceptors (Lipinski definition) is 5. The minimum Gasteiger partial charge on any atom is -0.497 e. The van der Waals surface area contributed by atoms with Crippen molar-refractivity contribution in [3.05, 3.63) is 69.9 Å². The molecule has 2 aromatic rings. The van der Waals surface area contributed by atoms with E-state index in [2.05, 4.69) is 5.32 Å². The van der Waals surface area contributed by atoms with Gasteiger partial charge in [-0.15, -0.1) is 0 Å². The second-order valence-electron chi connectivity index (χ2n) is 4.37. The van der Waals surface area contributed by atoms with Crippen LogP contribution in [0.5, 0.6) is 5.75 Å². The molecule has 0 aromatic heterocycles. The van der Waals surface area contributed by atoms with Crippen molar-refractivity contribution in [2.45, 2.75) is 0 Å². The second kappa shape index (κ2) is 6.90. The molecule has 2 rings (SSSR count). The normalized spacial score (nSPS) is 10.6. The van der Waals surface area contributed by atoms with Gasteiger partial charge in [-0.05, 0) is 35.9 Å². The fourth-order valence-corrected chi connectivity index (χ4v) is 1.79. The average Bonchev–Trinajstić information content (AvgIpc) is 2.55. The van der Waals surface area contributed by atoms with Crippen LogP contribution in [-0.2, 0) is 0 Å². The first kappa shape index (κ1) is 15.1. The molecule has 0 heterocycles. The lowest BCUT2D eigenvalue weighted by molar-refractivity contribution is -0.384. The third-order valence-corrected chi connectivity index (χ3v) is 2.90. The van der Waals surface area contributed by atoms with Gasteiger partial charge in [0.25, 0.3) is 5.69 Å². The highest BCUT2D eigenvalue weighted by molar-refractivity contribution is 5.65. The van der Waals surface area contributed by atoms with Crippen molar-refractivity contribution < 1.29 is 9.66 Å². The maximum atomic E-state index is 10.6. The van der Waals surface area contributed by atoms with E-state index in [4.69, 9.17) is 4.74 Å². The summed E-state index contributed by atoms with van der Waals surface area (Å²) in [7, 11) is 1.59. The quantitative estimate of drug-likeness (QED) is 0.517. The molecule has 0 unspecified atom stereocenters. The van der Waals surface area contributed by atoms with Crippen molar-refractivity contribution >= 4 is 17.5 Å². The molecule has 0 aliphatic carbocycles. The highest BCUT2D eigenvalue weighted by atomic mass is 16.6. The molecule has 0 aliphatic rings. The first-order valence-corrected chi connectivity index (χ1v) is 6.39. The van der Waals surface area contributed by atoms with E-state index >= 15 is 0 Å². The fourth-order valence-electron chi connectivity index (χ4n) is 1.79. The van der Waals surface area contributed by atoms with Crippen molar-refractivity contribution in [1.82, 2.24) is 0 Å². The fraction of sp³-hybridized carbons (Fsp3) is 0.0625. The number of nitro groups is 1. The Morgan fingerprint density at radius 3 is 2.36 bits per heavy atom. The summed E-state index contributed by atoms with van der Waals surface area (Å²) in [6, 6.07) is 15.2. The number of hydrogen-bond donors (Lipinski definition) is 1. The van der Waals surface area contributed by atoms with Crippen LogP contribution in [-0.4, -0.2) is 12.0 Å². The maximum Gasteiger partial charge on any atom is 0.269 e. The van der Waals surface area contributed by atoms with Crippen LogP contribution >= 0.6 is 0 Å². The van der Waals surface area contributed by atoms with Crippen LogP contribution in [0.25, 0.3) is 6.08 Å². The number of non-ortho nitro benzene ring substituents is 1. The zero-order valence-electron chi connectivity index (χ0n) is 11.8. The Bertz CT molecular complexity index is 729. The number of ether oxygens (including phenoxy) is 1. The van der Waals surface area contributed by atoms with E-state index in [1.54, 1.807) is 37.5 Å². The van der Waals surface area contributed by atoms with Crippen LogP contribution in [0.2, 0.25) is 0 Å². The standard InChI is InChI=1S/C16H13N3O3/c1-22-16-8-2-12(3-9-16)10-14(11-17)18-13-4-6-15(7-5-13)19(20)21/h2-10,18H,1H3. The molecule has 0 saturated heterocycles. The molecule has 1 N–H and O–H groups in total. The minimum absolute atomic E-state index is 0.00296. The van der Waals surface area contributed by atoms with E-state index in [1.165, 1.54) is 12.1 Å². The summed E-state index contributed by atoms with van der Waals surface area (Å²) < 4.78 is 5.07. The van der Waals surface area contributed by atoms with E-state index in [-0.39, 0.29) is 5.69 Å². The number of nitro benzene ring substituents is 1. The Hall–Kier alpha value is -3.33. The first-order chi connectivity index (χ1) is 10.6. The summed E-state index contributed by atoms with van der Waals surface area (Å²) in [6.45, 7) is 0. The average molecular weight is 295 g/mol. The highest BCUT2D eigenvalue weighted by Gasteiger charge is 2.04. The molecule has 6 heteroatoms. The highest BCUT2D eigenvalue weighted by Crippen LogP contribution is 2.18. The van der Waals surface area contributed by atoms with Gasteiger partial charge in [-0.25, -0.2) is 0 Å². The van der Waals surface area contributed by atoms with Gasteiger partial charge in [0, 0.05) is 17.8 Å². The minimum atomic E-state index is -0.470. The number of methoxy groups -OCH3 is 1. The lowest BCUT2D eigenvalue weighted by Crippen LogP contribution is -1.97. The van der Waals surface area contributed by atoms with Crippen LogP contribution in [0.3, 0.4) is 0 Å². The number of anilines is 1. The van der Waals surface area contributed by atoms with Crippen molar-refractivity contribution in [1.29, 1.82) is 5.26 Å². The summed E-state index contributed by atoms with van der Waals surface area (Å²) in [5.41, 5.74) is 1.78. The molecule has 22 heavy (non-hydrogen) atoms. The van der Waals surface area contributed by atoms with Gasteiger partial charge in [0.1, 0.15) is 17.5 Å². The number of benzene rings is 2. The van der Waals surface area contributed by atoms with Gasteiger partial charge in [0.05, 0.1) is 12.0 Å². The number of nitriles is 1. The summed E-state index contributed by atoms with van der Waals surface area (Å²) >= 11 is 0. The van der Waals surface area contributed by atoms with Crippen LogP contribution in [0.1, 0.15) is 5.56 Å². The van der Waals surface area contributed by atoms with Gasteiger partial charge in [0.15, 0.2) is 0 Å². The zero-order valence-corrected chi connectivity index (χ0v) is 11.8. The molecule has 6 nitrogen and oxygen atoms in total. The molecule has 0 saturated carbocycles. The van der Waals surface area contributed by atoms with Gasteiger partial charge in [-0.3, -0.25) is 10.1 Å². The Morgan fingerprint density at radius 2 is 1.86 bits per heavy atom. The Morgan fingerprint density at radius 1 is 1.23 bits per heavy atom. The molecule has 110 valence electrons. The van der Waals surface area contributed by atoms with Gasteiger partial charge < -0.3 is 10.1 Å². The van der Waals surface area contributed by atoms with E-state index < -0.39 is 4.92 Å². The Balaban J connectivity index is 2.15. The molecule has 0 atom stereocenters.